The van der Waals surface area contributed by atoms with Gasteiger partial charge < -0.3 is 10.6 Å². The van der Waals surface area contributed by atoms with Crippen molar-refractivity contribution in [3.8, 4) is 0 Å². The molecule has 0 saturated heterocycles. The van der Waals surface area contributed by atoms with Gasteiger partial charge in [0.2, 0.25) is 0 Å². The summed E-state index contributed by atoms with van der Waals surface area (Å²) in [6.45, 7) is 0.410. The topological polar surface area (TPSA) is 41.1 Å². The van der Waals surface area contributed by atoms with Crippen molar-refractivity contribution in [3.63, 3.8) is 0 Å². The number of benzene rings is 2. The molecule has 2 rings (SSSR count). The Morgan fingerprint density at radius 2 is 1.80 bits per heavy atom. The van der Waals surface area contributed by atoms with Crippen molar-refractivity contribution in [2.24, 2.45) is 0 Å². The number of halogens is 1. The molecule has 0 saturated carbocycles. The van der Waals surface area contributed by atoms with Gasteiger partial charge in [0.05, 0.1) is 0 Å². The van der Waals surface area contributed by atoms with Crippen LogP contribution < -0.4 is 10.6 Å². The van der Waals surface area contributed by atoms with Crippen LogP contribution in [0.5, 0.6) is 0 Å². The molecule has 0 spiro atoms. The highest BCUT2D eigenvalue weighted by Crippen LogP contribution is 2.09. The Labute approximate surface area is 117 Å². The minimum atomic E-state index is -0.236. The highest BCUT2D eigenvalue weighted by Gasteiger charge is 2.05. The fourth-order valence-corrected chi connectivity index (χ4v) is 1.90. The monoisotopic (exact) mass is 272 g/mol. The Balaban J connectivity index is 1.87. The molecular weight excluding hydrogens is 255 g/mol. The molecule has 2 aromatic rings. The number of carbonyl (C=O) groups is 1. The molecule has 4 heteroatoms. The SMILES string of the molecule is CNc1ccc(C(=O)NCCc2ccccc2F)cc1. The molecule has 0 radical (unpaired) electrons. The maximum absolute atomic E-state index is 13.4. The molecule has 0 aromatic heterocycles. The summed E-state index contributed by atoms with van der Waals surface area (Å²) >= 11 is 0. The lowest BCUT2D eigenvalue weighted by Crippen LogP contribution is -2.25. The van der Waals surface area contributed by atoms with Crippen molar-refractivity contribution in [2.45, 2.75) is 6.42 Å². The van der Waals surface area contributed by atoms with Gasteiger partial charge in [0.25, 0.3) is 5.91 Å². The second-order valence-electron chi connectivity index (χ2n) is 4.42. The van der Waals surface area contributed by atoms with Gasteiger partial charge in [-0.25, -0.2) is 4.39 Å². The van der Waals surface area contributed by atoms with Gasteiger partial charge in [-0.15, -0.1) is 0 Å². The molecule has 1 amide bonds. The molecule has 2 aromatic carbocycles. The zero-order valence-corrected chi connectivity index (χ0v) is 11.3. The summed E-state index contributed by atoms with van der Waals surface area (Å²) in [5.41, 5.74) is 2.16. The van der Waals surface area contributed by atoms with Crippen molar-refractivity contribution in [3.05, 3.63) is 65.5 Å². The van der Waals surface area contributed by atoms with Crippen LogP contribution in [0.3, 0.4) is 0 Å². The molecule has 0 unspecified atom stereocenters. The van der Waals surface area contributed by atoms with Crippen LogP contribution in [0.1, 0.15) is 15.9 Å². The van der Waals surface area contributed by atoms with E-state index in [1.54, 1.807) is 30.3 Å². The highest BCUT2D eigenvalue weighted by atomic mass is 19.1. The number of amides is 1. The largest absolute Gasteiger partial charge is 0.388 e. The normalized spacial score (nSPS) is 10.1. The molecule has 0 atom stereocenters. The molecule has 0 fully saturated rings. The quantitative estimate of drug-likeness (QED) is 0.878. The van der Waals surface area contributed by atoms with E-state index < -0.39 is 0 Å². The molecule has 3 nitrogen and oxygen atoms in total. The van der Waals surface area contributed by atoms with Crippen LogP contribution in [0.15, 0.2) is 48.5 Å². The summed E-state index contributed by atoms with van der Waals surface area (Å²) in [5.74, 6) is -0.385. The fraction of sp³-hybridized carbons (Fsp3) is 0.188. The van der Waals surface area contributed by atoms with E-state index in [1.807, 2.05) is 19.2 Å². The summed E-state index contributed by atoms with van der Waals surface area (Å²) in [5, 5.41) is 5.78. The number of rotatable bonds is 5. The minimum Gasteiger partial charge on any atom is -0.388 e. The van der Waals surface area contributed by atoms with Gasteiger partial charge >= 0.3 is 0 Å². The van der Waals surface area contributed by atoms with Crippen molar-refractivity contribution in [1.29, 1.82) is 0 Å². The van der Waals surface area contributed by atoms with E-state index >= 15 is 0 Å². The van der Waals surface area contributed by atoms with E-state index in [0.717, 1.165) is 5.69 Å². The van der Waals surface area contributed by atoms with E-state index in [0.29, 0.717) is 24.1 Å². The second kappa shape index (κ2) is 6.70. The Hall–Kier alpha value is -2.36. The first kappa shape index (κ1) is 14.1. The lowest BCUT2D eigenvalue weighted by Gasteiger charge is -2.07. The maximum atomic E-state index is 13.4. The summed E-state index contributed by atoms with van der Waals surface area (Å²) < 4.78 is 13.4. The van der Waals surface area contributed by atoms with Gasteiger partial charge in [0.1, 0.15) is 5.82 Å². The van der Waals surface area contributed by atoms with Gasteiger partial charge in [-0.05, 0) is 42.3 Å². The van der Waals surface area contributed by atoms with E-state index in [4.69, 9.17) is 0 Å². The summed E-state index contributed by atoms with van der Waals surface area (Å²) in [6.07, 6.45) is 0.479. The average Bonchev–Trinajstić information content (AvgIpc) is 2.49. The molecule has 20 heavy (non-hydrogen) atoms. The molecule has 104 valence electrons. The number of hydrogen-bond acceptors (Lipinski definition) is 2. The van der Waals surface area contributed by atoms with Gasteiger partial charge in [-0.2, -0.15) is 0 Å². The zero-order chi connectivity index (χ0) is 14.4. The lowest BCUT2D eigenvalue weighted by molar-refractivity contribution is 0.0954. The van der Waals surface area contributed by atoms with Gasteiger partial charge in [0, 0.05) is 24.8 Å². The molecule has 0 bridgehead atoms. The predicted octanol–water partition coefficient (Wildman–Crippen LogP) is 2.84. The van der Waals surface area contributed by atoms with Crippen LogP contribution in [-0.4, -0.2) is 19.5 Å². The molecular formula is C16H17FN2O. The standard InChI is InChI=1S/C16H17FN2O/c1-18-14-8-6-13(7-9-14)16(20)19-11-10-12-4-2-3-5-15(12)17/h2-9,18H,10-11H2,1H3,(H,19,20). The minimum absolute atomic E-state index is 0.149. The summed E-state index contributed by atoms with van der Waals surface area (Å²) in [6, 6.07) is 13.8. The summed E-state index contributed by atoms with van der Waals surface area (Å²) in [7, 11) is 1.82. The van der Waals surface area contributed by atoms with Crippen LogP contribution in [0.2, 0.25) is 0 Å². The first-order valence-corrected chi connectivity index (χ1v) is 6.50. The fourth-order valence-electron chi connectivity index (χ4n) is 1.90. The van der Waals surface area contributed by atoms with Crippen molar-refractivity contribution >= 4 is 11.6 Å². The van der Waals surface area contributed by atoms with Gasteiger partial charge in [-0.3, -0.25) is 4.79 Å². The van der Waals surface area contributed by atoms with E-state index in [1.165, 1.54) is 6.07 Å². The third-order valence-electron chi connectivity index (χ3n) is 3.07. The number of carbonyl (C=O) groups excluding carboxylic acids is 1. The highest BCUT2D eigenvalue weighted by molar-refractivity contribution is 5.94. The van der Waals surface area contributed by atoms with Crippen LogP contribution in [-0.2, 0) is 6.42 Å². The molecule has 0 aliphatic rings. The Kier molecular flexibility index (Phi) is 4.71. The molecule has 0 heterocycles. The Bertz CT molecular complexity index is 581. The van der Waals surface area contributed by atoms with E-state index in [9.17, 15) is 9.18 Å². The third-order valence-corrected chi connectivity index (χ3v) is 3.07. The van der Waals surface area contributed by atoms with Crippen LogP contribution in [0, 0.1) is 5.82 Å². The first-order valence-electron chi connectivity index (χ1n) is 6.50. The van der Waals surface area contributed by atoms with Crippen LogP contribution in [0.4, 0.5) is 10.1 Å². The number of hydrogen-bond donors (Lipinski definition) is 2. The van der Waals surface area contributed by atoms with Crippen molar-refractivity contribution < 1.29 is 9.18 Å². The Morgan fingerprint density at radius 1 is 1.10 bits per heavy atom. The molecule has 0 aliphatic heterocycles. The third kappa shape index (κ3) is 3.57. The molecule has 0 aliphatic carbocycles. The number of anilines is 1. The zero-order valence-electron chi connectivity index (χ0n) is 11.3. The van der Waals surface area contributed by atoms with Crippen molar-refractivity contribution in [1.82, 2.24) is 5.32 Å². The van der Waals surface area contributed by atoms with Gasteiger partial charge in [-0.1, -0.05) is 18.2 Å². The van der Waals surface area contributed by atoms with E-state index in [2.05, 4.69) is 10.6 Å². The van der Waals surface area contributed by atoms with Crippen molar-refractivity contribution in [2.75, 3.05) is 18.9 Å². The predicted molar refractivity (Wildman–Crippen MR) is 78.4 cm³/mol. The van der Waals surface area contributed by atoms with Crippen LogP contribution >= 0.6 is 0 Å². The van der Waals surface area contributed by atoms with Gasteiger partial charge in [0.15, 0.2) is 0 Å². The van der Waals surface area contributed by atoms with E-state index in [-0.39, 0.29) is 11.7 Å². The second-order valence-corrected chi connectivity index (χ2v) is 4.42. The van der Waals surface area contributed by atoms with Crippen LogP contribution in [0.25, 0.3) is 0 Å². The number of nitrogens with one attached hydrogen (secondary N) is 2. The average molecular weight is 272 g/mol. The smallest absolute Gasteiger partial charge is 0.251 e. The molecule has 2 N–H and O–H groups in total. The maximum Gasteiger partial charge on any atom is 0.251 e. The Morgan fingerprint density at radius 3 is 2.45 bits per heavy atom. The summed E-state index contributed by atoms with van der Waals surface area (Å²) in [4.78, 5) is 11.9. The lowest BCUT2D eigenvalue weighted by atomic mass is 10.1. The first-order chi connectivity index (χ1) is 9.70.